The van der Waals surface area contributed by atoms with Crippen LogP contribution in [-0.2, 0) is 4.79 Å². The average molecular weight is 329 g/mol. The molecule has 0 bridgehead atoms. The summed E-state index contributed by atoms with van der Waals surface area (Å²) < 4.78 is 2.07. The molecule has 1 atom stereocenters. The van der Waals surface area contributed by atoms with Gasteiger partial charge in [-0.3, -0.25) is 9.36 Å². The summed E-state index contributed by atoms with van der Waals surface area (Å²) in [5.41, 5.74) is 3.56. The Hall–Kier alpha value is -1.75. The largest absolute Gasteiger partial charge is 0.342 e. The molecule has 5 heteroatoms. The molecule has 4 nitrogen and oxygen atoms in total. The Morgan fingerprint density at radius 3 is 2.48 bits per heavy atom. The van der Waals surface area contributed by atoms with Gasteiger partial charge < -0.3 is 4.90 Å². The zero-order chi connectivity index (χ0) is 16.4. The molecule has 1 aromatic carbocycles. The van der Waals surface area contributed by atoms with Gasteiger partial charge in [0, 0.05) is 31.2 Å². The molecule has 122 valence electrons. The van der Waals surface area contributed by atoms with Crippen LogP contribution in [0, 0.1) is 13.8 Å². The maximum atomic E-state index is 12.5. The number of amides is 1. The Bertz CT molecular complexity index is 684. The number of hydrogen-bond acceptors (Lipinski definition) is 3. The second kappa shape index (κ2) is 6.79. The highest BCUT2D eigenvalue weighted by atomic mass is 32.2. The SMILES string of the molecule is Cc1cc(C)cc(-n2ccnc2S[C@H](C)C(=O)N2CCCC2)c1. The highest BCUT2D eigenvalue weighted by molar-refractivity contribution is 8.00. The van der Waals surface area contributed by atoms with Crippen molar-refractivity contribution in [1.29, 1.82) is 0 Å². The lowest BCUT2D eigenvalue weighted by Gasteiger charge is -2.20. The molecule has 0 radical (unpaired) electrons. The molecule has 1 aromatic heterocycles. The van der Waals surface area contributed by atoms with Crippen LogP contribution < -0.4 is 0 Å². The molecule has 3 rings (SSSR count). The van der Waals surface area contributed by atoms with E-state index in [0.717, 1.165) is 36.8 Å². The van der Waals surface area contributed by atoms with E-state index in [1.807, 2.05) is 18.0 Å². The number of aryl methyl sites for hydroxylation is 2. The van der Waals surface area contributed by atoms with Crippen molar-refractivity contribution in [2.45, 2.75) is 44.0 Å². The van der Waals surface area contributed by atoms with Crippen molar-refractivity contribution in [2.24, 2.45) is 0 Å². The smallest absolute Gasteiger partial charge is 0.235 e. The third kappa shape index (κ3) is 3.61. The summed E-state index contributed by atoms with van der Waals surface area (Å²) in [7, 11) is 0. The fourth-order valence-electron chi connectivity index (χ4n) is 3.07. The van der Waals surface area contributed by atoms with E-state index >= 15 is 0 Å². The van der Waals surface area contributed by atoms with Crippen LogP contribution in [-0.4, -0.2) is 38.7 Å². The molecule has 2 heterocycles. The second-order valence-corrected chi connectivity index (χ2v) is 7.53. The molecule has 0 N–H and O–H groups in total. The van der Waals surface area contributed by atoms with Gasteiger partial charge in [0.05, 0.1) is 5.25 Å². The van der Waals surface area contributed by atoms with Gasteiger partial charge in [0.1, 0.15) is 0 Å². The van der Waals surface area contributed by atoms with E-state index in [9.17, 15) is 4.79 Å². The summed E-state index contributed by atoms with van der Waals surface area (Å²) >= 11 is 1.54. The normalized spacial score (nSPS) is 15.9. The monoisotopic (exact) mass is 329 g/mol. The Kier molecular flexibility index (Phi) is 4.76. The molecule has 2 aromatic rings. The molecular weight excluding hydrogens is 306 g/mol. The first-order chi connectivity index (χ1) is 11.0. The van der Waals surface area contributed by atoms with Crippen molar-refractivity contribution in [1.82, 2.24) is 14.5 Å². The van der Waals surface area contributed by atoms with Gasteiger partial charge in [-0.25, -0.2) is 4.98 Å². The van der Waals surface area contributed by atoms with Crippen LogP contribution in [0.1, 0.15) is 30.9 Å². The van der Waals surface area contributed by atoms with Gasteiger partial charge in [0.2, 0.25) is 5.91 Å². The number of carbonyl (C=O) groups excluding carboxylic acids is 1. The summed E-state index contributed by atoms with van der Waals surface area (Å²) in [6, 6.07) is 6.45. The maximum absolute atomic E-state index is 12.5. The number of thioether (sulfide) groups is 1. The highest BCUT2D eigenvalue weighted by Crippen LogP contribution is 2.27. The van der Waals surface area contributed by atoms with Crippen molar-refractivity contribution >= 4 is 17.7 Å². The van der Waals surface area contributed by atoms with E-state index in [-0.39, 0.29) is 11.2 Å². The van der Waals surface area contributed by atoms with E-state index < -0.39 is 0 Å². The summed E-state index contributed by atoms with van der Waals surface area (Å²) in [4.78, 5) is 18.9. The summed E-state index contributed by atoms with van der Waals surface area (Å²) in [5.74, 6) is 0.225. The van der Waals surface area contributed by atoms with Crippen LogP contribution in [0.2, 0.25) is 0 Å². The lowest BCUT2D eigenvalue weighted by molar-refractivity contribution is -0.129. The molecule has 1 aliphatic heterocycles. The number of benzene rings is 1. The number of hydrogen-bond donors (Lipinski definition) is 0. The Morgan fingerprint density at radius 1 is 1.17 bits per heavy atom. The van der Waals surface area contributed by atoms with Gasteiger partial charge in [0.15, 0.2) is 5.16 Å². The summed E-state index contributed by atoms with van der Waals surface area (Å²) in [5, 5.41) is 0.759. The summed E-state index contributed by atoms with van der Waals surface area (Å²) in [6.07, 6.45) is 6.01. The predicted octanol–water partition coefficient (Wildman–Crippen LogP) is 3.59. The van der Waals surface area contributed by atoms with Gasteiger partial charge in [-0.15, -0.1) is 0 Å². The molecule has 1 saturated heterocycles. The number of carbonyl (C=O) groups is 1. The predicted molar refractivity (Wildman–Crippen MR) is 94.2 cm³/mol. The van der Waals surface area contributed by atoms with Crippen LogP contribution in [0.3, 0.4) is 0 Å². The van der Waals surface area contributed by atoms with Crippen molar-refractivity contribution in [3.05, 3.63) is 41.7 Å². The molecule has 23 heavy (non-hydrogen) atoms. The minimum absolute atomic E-state index is 0.111. The molecule has 0 unspecified atom stereocenters. The topological polar surface area (TPSA) is 38.1 Å². The van der Waals surface area contributed by atoms with Crippen LogP contribution in [0.15, 0.2) is 35.7 Å². The van der Waals surface area contributed by atoms with E-state index in [0.29, 0.717) is 0 Å². The first-order valence-corrected chi connectivity index (χ1v) is 9.00. The van der Waals surface area contributed by atoms with Crippen molar-refractivity contribution in [2.75, 3.05) is 13.1 Å². The number of rotatable bonds is 4. The van der Waals surface area contributed by atoms with E-state index in [4.69, 9.17) is 0 Å². The van der Waals surface area contributed by atoms with Crippen molar-refractivity contribution in [3.8, 4) is 5.69 Å². The van der Waals surface area contributed by atoms with E-state index in [2.05, 4.69) is 41.6 Å². The van der Waals surface area contributed by atoms with Gasteiger partial charge >= 0.3 is 0 Å². The van der Waals surface area contributed by atoms with Crippen LogP contribution in [0.5, 0.6) is 0 Å². The standard InChI is InChI=1S/C18H23N3OS/c1-13-10-14(2)12-16(11-13)21-9-6-19-18(21)23-15(3)17(22)20-7-4-5-8-20/h6,9-12,15H,4-5,7-8H2,1-3H3/t15-/m1/s1. The lowest BCUT2D eigenvalue weighted by Crippen LogP contribution is -2.34. The number of nitrogens with zero attached hydrogens (tertiary/aromatic N) is 3. The highest BCUT2D eigenvalue weighted by Gasteiger charge is 2.25. The van der Waals surface area contributed by atoms with Gasteiger partial charge in [-0.05, 0) is 56.9 Å². The zero-order valence-electron chi connectivity index (χ0n) is 14.0. The third-order valence-electron chi connectivity index (χ3n) is 4.14. The number of likely N-dealkylation sites (tertiary alicyclic amines) is 1. The molecule has 1 aliphatic rings. The Labute approximate surface area is 141 Å². The lowest BCUT2D eigenvalue weighted by atomic mass is 10.1. The molecule has 1 amide bonds. The van der Waals surface area contributed by atoms with Crippen LogP contribution in [0.25, 0.3) is 5.69 Å². The fourth-order valence-corrected chi connectivity index (χ4v) is 4.03. The van der Waals surface area contributed by atoms with E-state index in [1.165, 1.54) is 22.9 Å². The Morgan fingerprint density at radius 2 is 1.83 bits per heavy atom. The van der Waals surface area contributed by atoms with Crippen LogP contribution >= 0.6 is 11.8 Å². The molecule has 0 saturated carbocycles. The van der Waals surface area contributed by atoms with Gasteiger partial charge in [-0.2, -0.15) is 0 Å². The van der Waals surface area contributed by atoms with Crippen LogP contribution in [0.4, 0.5) is 0 Å². The summed E-state index contributed by atoms with van der Waals surface area (Å²) in [6.45, 7) is 7.97. The quantitative estimate of drug-likeness (QED) is 0.805. The Balaban J connectivity index is 1.79. The first kappa shape index (κ1) is 16.1. The minimum Gasteiger partial charge on any atom is -0.342 e. The molecule has 0 spiro atoms. The van der Waals surface area contributed by atoms with Crippen molar-refractivity contribution in [3.63, 3.8) is 0 Å². The van der Waals surface area contributed by atoms with Crippen molar-refractivity contribution < 1.29 is 4.79 Å². The maximum Gasteiger partial charge on any atom is 0.235 e. The number of aromatic nitrogens is 2. The molecule has 1 fully saturated rings. The van der Waals surface area contributed by atoms with E-state index in [1.54, 1.807) is 6.20 Å². The molecule has 0 aliphatic carbocycles. The minimum atomic E-state index is -0.111. The average Bonchev–Trinajstić information content (AvgIpc) is 3.16. The second-order valence-electron chi connectivity index (χ2n) is 6.22. The van der Waals surface area contributed by atoms with Gasteiger partial charge in [-0.1, -0.05) is 17.8 Å². The first-order valence-electron chi connectivity index (χ1n) is 8.12. The third-order valence-corrected chi connectivity index (χ3v) is 5.21. The molecular formula is C18H23N3OS. The zero-order valence-corrected chi connectivity index (χ0v) is 14.8. The van der Waals surface area contributed by atoms with Gasteiger partial charge in [0.25, 0.3) is 0 Å². The number of imidazole rings is 1. The fraction of sp³-hybridized carbons (Fsp3) is 0.444.